The van der Waals surface area contributed by atoms with Crippen LogP contribution in [0.4, 0.5) is 5.13 Å². The summed E-state index contributed by atoms with van der Waals surface area (Å²) in [6, 6.07) is 8.05. The molecule has 2 aromatic rings. The lowest BCUT2D eigenvalue weighted by Crippen LogP contribution is -2.09. The average Bonchev–Trinajstić information content (AvgIpc) is 3.02. The van der Waals surface area contributed by atoms with E-state index in [0.717, 1.165) is 5.56 Å². The molecule has 5 nitrogen and oxygen atoms in total. The maximum Gasteiger partial charge on any atom is 0.357 e. The zero-order chi connectivity index (χ0) is 17.5. The second kappa shape index (κ2) is 8.40. The summed E-state index contributed by atoms with van der Waals surface area (Å²) in [5, 5.41) is 4.55. The van der Waals surface area contributed by atoms with Crippen molar-refractivity contribution in [3.8, 4) is 0 Å². The Labute approximate surface area is 145 Å². The fourth-order valence-corrected chi connectivity index (χ4v) is 2.62. The molecule has 0 saturated carbocycles. The van der Waals surface area contributed by atoms with Crippen LogP contribution < -0.4 is 5.32 Å². The van der Waals surface area contributed by atoms with Crippen molar-refractivity contribution in [1.82, 2.24) is 4.98 Å². The van der Waals surface area contributed by atoms with E-state index in [0.29, 0.717) is 11.0 Å². The minimum atomic E-state index is -0.491. The Morgan fingerprint density at radius 2 is 2.00 bits per heavy atom. The Morgan fingerprint density at radius 3 is 2.62 bits per heavy atom. The third kappa shape index (κ3) is 5.03. The summed E-state index contributed by atoms with van der Waals surface area (Å²) < 4.78 is 4.86. The van der Waals surface area contributed by atoms with Gasteiger partial charge in [-0.3, -0.25) is 10.1 Å². The third-order valence-electron chi connectivity index (χ3n) is 3.25. The number of esters is 1. The summed E-state index contributed by atoms with van der Waals surface area (Å²) in [4.78, 5) is 27.5. The lowest BCUT2D eigenvalue weighted by atomic mass is 10.0. The summed E-state index contributed by atoms with van der Waals surface area (Å²) in [6.45, 7) is 6.29. The molecule has 1 aromatic carbocycles. The van der Waals surface area contributed by atoms with Crippen LogP contribution >= 0.6 is 11.3 Å². The SMILES string of the molecule is CCOC(=O)c1csc(NC(=O)/C=C/c2ccc(C(C)C)cc2)n1. The van der Waals surface area contributed by atoms with Gasteiger partial charge in [-0.2, -0.15) is 0 Å². The van der Waals surface area contributed by atoms with Gasteiger partial charge in [-0.1, -0.05) is 38.1 Å². The molecule has 0 atom stereocenters. The Balaban J connectivity index is 1.94. The van der Waals surface area contributed by atoms with Crippen LogP contribution in [0.2, 0.25) is 0 Å². The van der Waals surface area contributed by atoms with Gasteiger partial charge in [-0.15, -0.1) is 11.3 Å². The molecule has 126 valence electrons. The van der Waals surface area contributed by atoms with E-state index in [2.05, 4.69) is 36.3 Å². The molecule has 6 heteroatoms. The third-order valence-corrected chi connectivity index (χ3v) is 4.01. The quantitative estimate of drug-likeness (QED) is 0.633. The summed E-state index contributed by atoms with van der Waals surface area (Å²) in [7, 11) is 0. The number of hydrogen-bond donors (Lipinski definition) is 1. The molecule has 0 fully saturated rings. The molecule has 0 aliphatic heterocycles. The van der Waals surface area contributed by atoms with Gasteiger partial charge < -0.3 is 4.74 Å². The lowest BCUT2D eigenvalue weighted by Gasteiger charge is -2.04. The number of anilines is 1. The van der Waals surface area contributed by atoms with E-state index in [-0.39, 0.29) is 18.2 Å². The first-order valence-electron chi connectivity index (χ1n) is 7.71. The number of amides is 1. The van der Waals surface area contributed by atoms with Crippen molar-refractivity contribution in [3.63, 3.8) is 0 Å². The van der Waals surface area contributed by atoms with E-state index in [1.165, 1.54) is 23.0 Å². The predicted octanol–water partition coefficient (Wildman–Crippen LogP) is 4.10. The zero-order valence-electron chi connectivity index (χ0n) is 13.9. The second-order valence-electron chi connectivity index (χ2n) is 5.40. The van der Waals surface area contributed by atoms with Crippen LogP contribution in [-0.2, 0) is 9.53 Å². The molecule has 0 aliphatic rings. The number of nitrogens with one attached hydrogen (secondary N) is 1. The van der Waals surface area contributed by atoms with Crippen molar-refractivity contribution in [3.05, 3.63) is 52.5 Å². The first-order chi connectivity index (χ1) is 11.5. The number of aromatic nitrogens is 1. The first kappa shape index (κ1) is 17.9. The largest absolute Gasteiger partial charge is 0.461 e. The van der Waals surface area contributed by atoms with Gasteiger partial charge in [0, 0.05) is 11.5 Å². The van der Waals surface area contributed by atoms with E-state index in [4.69, 9.17) is 4.74 Å². The van der Waals surface area contributed by atoms with Crippen molar-refractivity contribution in [1.29, 1.82) is 0 Å². The van der Waals surface area contributed by atoms with Gasteiger partial charge in [0.1, 0.15) is 0 Å². The molecule has 24 heavy (non-hydrogen) atoms. The van der Waals surface area contributed by atoms with Gasteiger partial charge in [-0.25, -0.2) is 9.78 Å². The molecular weight excluding hydrogens is 324 g/mol. The van der Waals surface area contributed by atoms with Crippen LogP contribution in [0.5, 0.6) is 0 Å². The Bertz CT molecular complexity index is 733. The lowest BCUT2D eigenvalue weighted by molar-refractivity contribution is -0.111. The summed E-state index contributed by atoms with van der Waals surface area (Å²) in [5.74, 6) is -0.312. The highest BCUT2D eigenvalue weighted by molar-refractivity contribution is 7.14. The molecule has 0 radical (unpaired) electrons. The maximum absolute atomic E-state index is 11.9. The fourth-order valence-electron chi connectivity index (χ4n) is 1.94. The molecule has 0 bridgehead atoms. The van der Waals surface area contributed by atoms with Crippen molar-refractivity contribution >= 4 is 34.4 Å². The van der Waals surface area contributed by atoms with Crippen LogP contribution in [0.25, 0.3) is 6.08 Å². The van der Waals surface area contributed by atoms with Gasteiger partial charge >= 0.3 is 5.97 Å². The topological polar surface area (TPSA) is 68.3 Å². The summed E-state index contributed by atoms with van der Waals surface area (Å²) >= 11 is 1.18. The molecule has 0 unspecified atom stereocenters. The van der Waals surface area contributed by atoms with Crippen LogP contribution in [0.1, 0.15) is 48.3 Å². The predicted molar refractivity (Wildman–Crippen MR) is 96.3 cm³/mol. The number of carbonyl (C=O) groups excluding carboxylic acids is 2. The summed E-state index contributed by atoms with van der Waals surface area (Å²) in [5.41, 5.74) is 2.40. The average molecular weight is 344 g/mol. The van der Waals surface area contributed by atoms with Crippen molar-refractivity contribution in [2.24, 2.45) is 0 Å². The van der Waals surface area contributed by atoms with Gasteiger partial charge in [0.05, 0.1) is 6.61 Å². The number of nitrogens with zero attached hydrogens (tertiary/aromatic N) is 1. The zero-order valence-corrected chi connectivity index (χ0v) is 14.7. The molecular formula is C18H20N2O3S. The van der Waals surface area contributed by atoms with Gasteiger partial charge in [0.15, 0.2) is 10.8 Å². The normalized spacial score (nSPS) is 11.0. The number of thiazole rings is 1. The highest BCUT2D eigenvalue weighted by Crippen LogP contribution is 2.17. The molecule has 1 aromatic heterocycles. The fraction of sp³-hybridized carbons (Fsp3) is 0.278. The van der Waals surface area contributed by atoms with Gasteiger partial charge in [-0.05, 0) is 30.0 Å². The van der Waals surface area contributed by atoms with Crippen LogP contribution in [-0.4, -0.2) is 23.5 Å². The minimum Gasteiger partial charge on any atom is -0.461 e. The number of rotatable bonds is 6. The molecule has 0 aliphatic carbocycles. The van der Waals surface area contributed by atoms with E-state index in [1.807, 2.05) is 12.1 Å². The first-order valence-corrected chi connectivity index (χ1v) is 8.59. The van der Waals surface area contributed by atoms with E-state index in [1.54, 1.807) is 18.4 Å². The highest BCUT2D eigenvalue weighted by Gasteiger charge is 2.12. The molecule has 1 amide bonds. The van der Waals surface area contributed by atoms with Crippen molar-refractivity contribution in [2.45, 2.75) is 26.7 Å². The standard InChI is InChI=1S/C18H20N2O3S/c1-4-23-17(22)15-11-24-18(19-15)20-16(21)10-7-13-5-8-14(9-6-13)12(2)3/h5-12H,4H2,1-3H3,(H,19,20,21)/b10-7+. The van der Waals surface area contributed by atoms with Crippen LogP contribution in [0.15, 0.2) is 35.7 Å². The molecule has 0 saturated heterocycles. The number of benzene rings is 1. The molecule has 1 heterocycles. The van der Waals surface area contributed by atoms with Crippen molar-refractivity contribution < 1.29 is 14.3 Å². The molecule has 1 N–H and O–H groups in total. The number of ether oxygens (including phenoxy) is 1. The smallest absolute Gasteiger partial charge is 0.357 e. The second-order valence-corrected chi connectivity index (χ2v) is 6.26. The van der Waals surface area contributed by atoms with E-state index >= 15 is 0 Å². The van der Waals surface area contributed by atoms with Crippen molar-refractivity contribution in [2.75, 3.05) is 11.9 Å². The Morgan fingerprint density at radius 1 is 1.29 bits per heavy atom. The Hall–Kier alpha value is -2.47. The van der Waals surface area contributed by atoms with E-state index < -0.39 is 5.97 Å². The van der Waals surface area contributed by atoms with Crippen LogP contribution in [0.3, 0.4) is 0 Å². The highest BCUT2D eigenvalue weighted by atomic mass is 32.1. The number of carbonyl (C=O) groups is 2. The van der Waals surface area contributed by atoms with Gasteiger partial charge in [0.2, 0.25) is 5.91 Å². The van der Waals surface area contributed by atoms with Crippen LogP contribution in [0, 0.1) is 0 Å². The molecule has 0 spiro atoms. The minimum absolute atomic E-state index is 0.199. The monoisotopic (exact) mass is 344 g/mol. The molecule has 2 rings (SSSR count). The van der Waals surface area contributed by atoms with Gasteiger partial charge in [0.25, 0.3) is 0 Å². The summed E-state index contributed by atoms with van der Waals surface area (Å²) in [6.07, 6.45) is 3.18. The maximum atomic E-state index is 11.9. The van der Waals surface area contributed by atoms with E-state index in [9.17, 15) is 9.59 Å². The Kier molecular flexibility index (Phi) is 6.26. The number of hydrogen-bond acceptors (Lipinski definition) is 5.